The summed E-state index contributed by atoms with van der Waals surface area (Å²) in [7, 11) is 1.45. The van der Waals surface area contributed by atoms with Crippen LogP contribution in [0.3, 0.4) is 0 Å². The van der Waals surface area contributed by atoms with Crippen molar-refractivity contribution in [2.24, 2.45) is 0 Å². The fourth-order valence-electron chi connectivity index (χ4n) is 2.20. The molecule has 0 atom stereocenters. The van der Waals surface area contributed by atoms with Gasteiger partial charge in [-0.2, -0.15) is 0 Å². The second-order valence-electron chi connectivity index (χ2n) is 5.21. The van der Waals surface area contributed by atoms with Crippen molar-refractivity contribution in [1.29, 1.82) is 0 Å². The van der Waals surface area contributed by atoms with Crippen LogP contribution in [0.25, 0.3) is 6.08 Å². The molecule has 0 aromatic heterocycles. The largest absolute Gasteiger partial charge is 0.495 e. The molecule has 0 fully saturated rings. The van der Waals surface area contributed by atoms with E-state index in [0.717, 1.165) is 0 Å². The van der Waals surface area contributed by atoms with Crippen LogP contribution in [0.5, 0.6) is 5.75 Å². The van der Waals surface area contributed by atoms with Gasteiger partial charge in [0.15, 0.2) is 0 Å². The first-order valence-electron chi connectivity index (χ1n) is 7.19. The molecular weight excluding hydrogens is 403 g/mol. The van der Waals surface area contributed by atoms with Gasteiger partial charge in [-0.05, 0) is 36.8 Å². The lowest BCUT2D eigenvalue weighted by molar-refractivity contribution is -0.384. The molecule has 1 amide bonds. The average Bonchev–Trinajstić information content (AvgIpc) is 2.55. The average molecular weight is 416 g/mol. The maximum absolute atomic E-state index is 12.2. The summed E-state index contributed by atoms with van der Waals surface area (Å²) in [4.78, 5) is 22.4. The minimum atomic E-state index is -0.587. The monoisotopic (exact) mass is 414 g/mol. The minimum Gasteiger partial charge on any atom is -0.495 e. The van der Waals surface area contributed by atoms with E-state index in [0.29, 0.717) is 32.6 Å². The predicted molar refractivity (Wildman–Crippen MR) is 104 cm³/mol. The number of methoxy groups -OCH3 is 1. The van der Waals surface area contributed by atoms with E-state index in [1.165, 1.54) is 37.5 Å². The Labute approximate surface area is 164 Å². The molecule has 0 aliphatic rings. The molecule has 0 saturated carbocycles. The Kier molecular flexibility index (Phi) is 6.47. The smallest absolute Gasteiger partial charge is 0.288 e. The van der Waals surface area contributed by atoms with Crippen molar-refractivity contribution in [2.45, 2.75) is 6.92 Å². The fraction of sp³-hybridized carbons (Fsp3) is 0.118. The van der Waals surface area contributed by atoms with Crippen molar-refractivity contribution >= 4 is 58.2 Å². The van der Waals surface area contributed by atoms with E-state index < -0.39 is 10.8 Å². The number of ether oxygens (including phenoxy) is 1. The number of anilines is 1. The number of aryl methyl sites for hydroxylation is 1. The van der Waals surface area contributed by atoms with E-state index in [2.05, 4.69) is 5.32 Å². The van der Waals surface area contributed by atoms with Gasteiger partial charge in [0.05, 0.1) is 17.1 Å². The Balaban J connectivity index is 2.23. The molecule has 0 bridgehead atoms. The number of nitro benzene ring substituents is 1. The normalized spacial score (nSPS) is 10.8. The van der Waals surface area contributed by atoms with Gasteiger partial charge < -0.3 is 10.1 Å². The van der Waals surface area contributed by atoms with Crippen LogP contribution in [0.1, 0.15) is 11.1 Å². The molecule has 6 nitrogen and oxygen atoms in total. The molecule has 26 heavy (non-hydrogen) atoms. The van der Waals surface area contributed by atoms with Gasteiger partial charge in [0.25, 0.3) is 5.69 Å². The number of rotatable bonds is 5. The lowest BCUT2D eigenvalue weighted by Crippen LogP contribution is -2.09. The number of carbonyl (C=O) groups is 1. The number of nitro groups is 1. The SMILES string of the molecule is COc1c(Cl)cc(Cl)cc1C=CC(=O)Nc1cc(Cl)c([N+](=O)[O-])cc1C. The minimum absolute atomic E-state index is 0.0665. The number of benzene rings is 2. The molecule has 0 spiro atoms. The molecule has 0 saturated heterocycles. The summed E-state index contributed by atoms with van der Waals surface area (Å²) in [6.07, 6.45) is 2.76. The molecule has 0 radical (unpaired) electrons. The highest BCUT2D eigenvalue weighted by molar-refractivity contribution is 6.36. The van der Waals surface area contributed by atoms with E-state index in [4.69, 9.17) is 39.5 Å². The van der Waals surface area contributed by atoms with Crippen LogP contribution < -0.4 is 10.1 Å². The van der Waals surface area contributed by atoms with Gasteiger partial charge in [-0.3, -0.25) is 14.9 Å². The Morgan fingerprint density at radius 3 is 2.50 bits per heavy atom. The third-order valence-corrected chi connectivity index (χ3v) is 4.21. The summed E-state index contributed by atoms with van der Waals surface area (Å²) in [5, 5.41) is 14.1. The highest BCUT2D eigenvalue weighted by Gasteiger charge is 2.16. The molecule has 0 aliphatic carbocycles. The van der Waals surface area contributed by atoms with Gasteiger partial charge in [-0.15, -0.1) is 0 Å². The molecule has 2 aromatic carbocycles. The van der Waals surface area contributed by atoms with Gasteiger partial charge in [0.1, 0.15) is 10.8 Å². The molecule has 9 heteroatoms. The highest BCUT2D eigenvalue weighted by Crippen LogP contribution is 2.33. The van der Waals surface area contributed by atoms with E-state index >= 15 is 0 Å². The summed E-state index contributed by atoms with van der Waals surface area (Å²) in [6.45, 7) is 1.63. The van der Waals surface area contributed by atoms with Crippen molar-refractivity contribution < 1.29 is 14.5 Å². The second kappa shape index (κ2) is 8.40. The Morgan fingerprint density at radius 2 is 1.88 bits per heavy atom. The molecule has 2 aromatic rings. The van der Waals surface area contributed by atoms with E-state index in [1.807, 2.05) is 0 Å². The molecule has 0 aliphatic heterocycles. The van der Waals surface area contributed by atoms with Crippen molar-refractivity contribution in [2.75, 3.05) is 12.4 Å². The Bertz CT molecular complexity index is 913. The summed E-state index contributed by atoms with van der Waals surface area (Å²) >= 11 is 17.9. The molecule has 1 N–H and O–H groups in total. The molecule has 0 heterocycles. The van der Waals surface area contributed by atoms with Crippen LogP contribution in [-0.4, -0.2) is 17.9 Å². The molecule has 136 valence electrons. The first-order valence-corrected chi connectivity index (χ1v) is 8.33. The van der Waals surface area contributed by atoms with Gasteiger partial charge in [0, 0.05) is 28.4 Å². The van der Waals surface area contributed by atoms with Gasteiger partial charge in [0.2, 0.25) is 5.91 Å². The standard InChI is InChI=1S/C17H13Cl3N2O4/c1-9-5-15(22(24)25)12(19)8-14(9)21-16(23)4-3-10-6-11(18)7-13(20)17(10)26-2/h3-8H,1-2H3,(H,21,23). The van der Waals surface area contributed by atoms with Crippen LogP contribution in [0.4, 0.5) is 11.4 Å². The van der Waals surface area contributed by atoms with Crippen LogP contribution in [0.15, 0.2) is 30.3 Å². The van der Waals surface area contributed by atoms with Crippen molar-refractivity contribution in [3.63, 3.8) is 0 Å². The third-order valence-electron chi connectivity index (χ3n) is 3.40. The molecular formula is C17H13Cl3N2O4. The number of nitrogens with one attached hydrogen (secondary N) is 1. The first-order chi connectivity index (χ1) is 12.2. The molecule has 0 unspecified atom stereocenters. The topological polar surface area (TPSA) is 81.5 Å². The zero-order chi connectivity index (χ0) is 19.4. The van der Waals surface area contributed by atoms with Gasteiger partial charge in [-0.1, -0.05) is 34.8 Å². The van der Waals surface area contributed by atoms with Gasteiger partial charge in [-0.25, -0.2) is 0 Å². The third kappa shape index (κ3) is 4.66. The lowest BCUT2D eigenvalue weighted by Gasteiger charge is -2.09. The number of nitrogens with zero attached hydrogens (tertiary/aromatic N) is 1. The van der Waals surface area contributed by atoms with Crippen LogP contribution in [-0.2, 0) is 4.79 Å². The Hall–Kier alpha value is -2.28. The number of hydrogen-bond acceptors (Lipinski definition) is 4. The van der Waals surface area contributed by atoms with Crippen molar-refractivity contribution in [1.82, 2.24) is 0 Å². The first kappa shape index (κ1) is 20.0. The van der Waals surface area contributed by atoms with E-state index in [1.54, 1.807) is 13.0 Å². The van der Waals surface area contributed by atoms with Crippen LogP contribution in [0.2, 0.25) is 15.1 Å². The quantitative estimate of drug-likeness (QED) is 0.396. The van der Waals surface area contributed by atoms with E-state index in [9.17, 15) is 14.9 Å². The summed E-state index contributed by atoms with van der Waals surface area (Å²) in [5.74, 6) is -0.0779. The summed E-state index contributed by atoms with van der Waals surface area (Å²) in [6, 6.07) is 5.75. The number of carbonyl (C=O) groups excluding carboxylic acids is 1. The maximum atomic E-state index is 12.2. The zero-order valence-electron chi connectivity index (χ0n) is 13.7. The van der Waals surface area contributed by atoms with Crippen LogP contribution >= 0.6 is 34.8 Å². The van der Waals surface area contributed by atoms with E-state index in [-0.39, 0.29) is 10.7 Å². The van der Waals surface area contributed by atoms with Crippen molar-refractivity contribution in [3.05, 3.63) is 66.7 Å². The van der Waals surface area contributed by atoms with Crippen LogP contribution in [0, 0.1) is 17.0 Å². The van der Waals surface area contributed by atoms with Gasteiger partial charge >= 0.3 is 0 Å². The van der Waals surface area contributed by atoms with Crippen molar-refractivity contribution in [3.8, 4) is 5.75 Å². The summed E-state index contributed by atoms with van der Waals surface area (Å²) < 4.78 is 5.20. The maximum Gasteiger partial charge on any atom is 0.288 e. The zero-order valence-corrected chi connectivity index (χ0v) is 15.9. The summed E-state index contributed by atoms with van der Waals surface area (Å²) in [5.41, 5.74) is 1.17. The molecule has 2 rings (SSSR count). The lowest BCUT2D eigenvalue weighted by atomic mass is 10.1. The number of halogens is 3. The fourth-order valence-corrected chi connectivity index (χ4v) is 3.02. The second-order valence-corrected chi connectivity index (χ2v) is 6.46. The Morgan fingerprint density at radius 1 is 1.19 bits per heavy atom. The number of hydrogen-bond donors (Lipinski definition) is 1. The predicted octanol–water partition coefficient (Wildman–Crippen LogP) is 5.52. The number of amides is 1. The highest BCUT2D eigenvalue weighted by atomic mass is 35.5.